The number of piperidine rings is 1. The molecule has 4 rings (SSSR count). The molecule has 3 aromatic rings. The Morgan fingerprint density at radius 1 is 1.14 bits per heavy atom. The van der Waals surface area contributed by atoms with Gasteiger partial charge in [0.05, 0.1) is 14.6 Å². The molecular weight excluding hydrogens is 551 g/mol. The smallest absolute Gasteiger partial charge is 0.260 e. The zero-order valence-electron chi connectivity index (χ0n) is 21.4. The van der Waals surface area contributed by atoms with Crippen molar-refractivity contribution in [3.05, 3.63) is 53.1 Å². The van der Waals surface area contributed by atoms with Gasteiger partial charge < -0.3 is 4.90 Å². The Morgan fingerprint density at radius 3 is 2.46 bits per heavy atom. The summed E-state index contributed by atoms with van der Waals surface area (Å²) in [5.41, 5.74) is 1.10. The first-order valence-electron chi connectivity index (χ1n) is 12.4. The van der Waals surface area contributed by atoms with Crippen molar-refractivity contribution >= 4 is 66.6 Å². The number of halogens is 2. The molecule has 0 N–H and O–H groups in total. The molecule has 37 heavy (non-hydrogen) atoms. The SMILES string of the molecule is CCN(CC)CCN(C(=O)c1ccc(S(=O)(=O)N2CCCC(C)C2)cc1)c1nc2c(Cl)cccc2s1.Cl. The first-order valence-corrected chi connectivity index (χ1v) is 15.1. The lowest BCUT2D eigenvalue weighted by molar-refractivity contribution is 0.0983. The highest BCUT2D eigenvalue weighted by Crippen LogP contribution is 2.33. The Hall–Kier alpha value is -1.75. The van der Waals surface area contributed by atoms with Gasteiger partial charge in [0.1, 0.15) is 5.52 Å². The average molecular weight is 586 g/mol. The summed E-state index contributed by atoms with van der Waals surface area (Å²) in [6.07, 6.45) is 1.91. The Kier molecular flexibility index (Phi) is 10.4. The molecule has 1 fully saturated rings. The lowest BCUT2D eigenvalue weighted by Crippen LogP contribution is -2.39. The van der Waals surface area contributed by atoms with E-state index in [1.165, 1.54) is 11.3 Å². The second-order valence-electron chi connectivity index (χ2n) is 9.20. The molecule has 0 spiro atoms. The largest absolute Gasteiger partial charge is 0.302 e. The number of anilines is 1. The van der Waals surface area contributed by atoms with Gasteiger partial charge in [-0.2, -0.15) is 4.31 Å². The molecule has 1 aliphatic heterocycles. The number of para-hydroxylation sites is 1. The van der Waals surface area contributed by atoms with Gasteiger partial charge in [-0.3, -0.25) is 9.69 Å². The van der Waals surface area contributed by atoms with Crippen molar-refractivity contribution in [1.29, 1.82) is 0 Å². The normalized spacial score (nSPS) is 16.6. The van der Waals surface area contributed by atoms with Gasteiger partial charge in [-0.05, 0) is 68.2 Å². The number of thiazole rings is 1. The van der Waals surface area contributed by atoms with Gasteiger partial charge >= 0.3 is 0 Å². The van der Waals surface area contributed by atoms with Crippen LogP contribution in [-0.2, 0) is 10.0 Å². The quantitative estimate of drug-likeness (QED) is 0.318. The summed E-state index contributed by atoms with van der Waals surface area (Å²) >= 11 is 7.77. The van der Waals surface area contributed by atoms with Crippen molar-refractivity contribution in [3.8, 4) is 0 Å². The zero-order valence-corrected chi connectivity index (χ0v) is 24.6. The molecule has 2 aromatic carbocycles. The monoisotopic (exact) mass is 584 g/mol. The summed E-state index contributed by atoms with van der Waals surface area (Å²) in [7, 11) is -3.58. The molecule has 1 aliphatic rings. The Labute approximate surface area is 234 Å². The van der Waals surface area contributed by atoms with Gasteiger partial charge in [-0.15, -0.1) is 12.4 Å². The van der Waals surface area contributed by atoms with Crippen molar-refractivity contribution < 1.29 is 13.2 Å². The summed E-state index contributed by atoms with van der Waals surface area (Å²) in [5, 5.41) is 1.13. The lowest BCUT2D eigenvalue weighted by atomic mass is 10.0. The fourth-order valence-electron chi connectivity index (χ4n) is 4.52. The third-order valence-corrected chi connectivity index (χ3v) is 9.96. The minimum Gasteiger partial charge on any atom is -0.302 e. The average Bonchev–Trinajstić information content (AvgIpc) is 3.32. The number of hydrogen-bond donors (Lipinski definition) is 0. The third kappa shape index (κ3) is 6.64. The van der Waals surface area contributed by atoms with Gasteiger partial charge in [0.25, 0.3) is 5.91 Å². The third-order valence-electron chi connectivity index (χ3n) is 6.73. The number of sulfonamides is 1. The minimum atomic E-state index is -3.58. The predicted octanol–water partition coefficient (Wildman–Crippen LogP) is 5.78. The number of carbonyl (C=O) groups excluding carboxylic acids is 1. The van der Waals surface area contributed by atoms with E-state index < -0.39 is 10.0 Å². The van der Waals surface area contributed by atoms with Gasteiger partial charge in [-0.1, -0.05) is 49.8 Å². The Balaban J connectivity index is 0.00000380. The maximum Gasteiger partial charge on any atom is 0.260 e. The van der Waals surface area contributed by atoms with Crippen molar-refractivity contribution in [2.75, 3.05) is 44.2 Å². The molecule has 1 unspecified atom stereocenters. The summed E-state index contributed by atoms with van der Waals surface area (Å²) in [5.74, 6) is 0.129. The standard InChI is InChI=1S/C26H33ClN4O3S2.ClH/c1-4-29(5-2)16-17-31(26-28-24-22(27)9-6-10-23(24)35-26)25(32)20-11-13-21(14-12-20)36(33,34)30-15-7-8-19(3)18-30;/h6,9-14,19H,4-5,7-8,15-18H2,1-3H3;1H. The van der Waals surface area contributed by atoms with Crippen LogP contribution in [0.5, 0.6) is 0 Å². The molecule has 7 nitrogen and oxygen atoms in total. The fraction of sp³-hybridized carbons (Fsp3) is 0.462. The highest BCUT2D eigenvalue weighted by molar-refractivity contribution is 7.89. The van der Waals surface area contributed by atoms with E-state index in [-0.39, 0.29) is 23.2 Å². The molecule has 0 aliphatic carbocycles. The lowest BCUT2D eigenvalue weighted by Gasteiger charge is -2.30. The molecule has 11 heteroatoms. The highest BCUT2D eigenvalue weighted by Gasteiger charge is 2.29. The number of amides is 1. The van der Waals surface area contributed by atoms with Crippen LogP contribution in [0.1, 0.15) is 44.0 Å². The zero-order chi connectivity index (χ0) is 25.9. The van der Waals surface area contributed by atoms with E-state index in [0.29, 0.717) is 53.3 Å². The molecular formula is C26H34Cl2N4O3S2. The van der Waals surface area contributed by atoms with Gasteiger partial charge in [-0.25, -0.2) is 13.4 Å². The van der Waals surface area contributed by atoms with Crippen LogP contribution in [0.4, 0.5) is 5.13 Å². The van der Waals surface area contributed by atoms with E-state index in [4.69, 9.17) is 11.6 Å². The van der Waals surface area contributed by atoms with Crippen LogP contribution in [0.25, 0.3) is 10.2 Å². The first-order chi connectivity index (χ1) is 17.2. The van der Waals surface area contributed by atoms with Crippen molar-refractivity contribution in [1.82, 2.24) is 14.2 Å². The molecule has 0 bridgehead atoms. The topological polar surface area (TPSA) is 73.8 Å². The van der Waals surface area contributed by atoms with Crippen molar-refractivity contribution in [2.45, 2.75) is 38.5 Å². The number of aromatic nitrogens is 1. The summed E-state index contributed by atoms with van der Waals surface area (Å²) in [6, 6.07) is 11.9. The molecule has 1 aromatic heterocycles. The van der Waals surface area contributed by atoms with Crippen LogP contribution in [-0.4, -0.2) is 67.8 Å². The van der Waals surface area contributed by atoms with E-state index in [2.05, 4.69) is 30.7 Å². The predicted molar refractivity (Wildman–Crippen MR) is 155 cm³/mol. The van der Waals surface area contributed by atoms with E-state index in [9.17, 15) is 13.2 Å². The number of likely N-dealkylation sites (N-methyl/N-ethyl adjacent to an activating group) is 1. The van der Waals surface area contributed by atoms with E-state index >= 15 is 0 Å². The van der Waals surface area contributed by atoms with Crippen LogP contribution >= 0.6 is 35.3 Å². The van der Waals surface area contributed by atoms with Gasteiger partial charge in [0.2, 0.25) is 10.0 Å². The maximum absolute atomic E-state index is 13.7. The number of hydrogen-bond acceptors (Lipinski definition) is 6. The second-order valence-corrected chi connectivity index (χ2v) is 12.6. The highest BCUT2D eigenvalue weighted by atomic mass is 35.5. The first kappa shape index (κ1) is 29.8. The van der Waals surface area contributed by atoms with Crippen LogP contribution in [0.2, 0.25) is 5.02 Å². The van der Waals surface area contributed by atoms with Crippen LogP contribution in [0.3, 0.4) is 0 Å². The van der Waals surface area contributed by atoms with Crippen LogP contribution in [0.15, 0.2) is 47.4 Å². The van der Waals surface area contributed by atoms with Gasteiger partial charge in [0.15, 0.2) is 5.13 Å². The number of nitrogens with zero attached hydrogens (tertiary/aromatic N) is 4. The number of benzene rings is 2. The molecule has 0 saturated carbocycles. The van der Waals surface area contributed by atoms with E-state index in [1.54, 1.807) is 39.5 Å². The molecule has 1 atom stereocenters. The molecule has 202 valence electrons. The number of carbonyl (C=O) groups is 1. The van der Waals surface area contributed by atoms with Crippen LogP contribution < -0.4 is 4.90 Å². The second kappa shape index (κ2) is 12.9. The van der Waals surface area contributed by atoms with Crippen molar-refractivity contribution in [2.24, 2.45) is 5.92 Å². The number of fused-ring (bicyclic) bond motifs is 1. The minimum absolute atomic E-state index is 0. The molecule has 0 radical (unpaired) electrons. The maximum atomic E-state index is 13.7. The van der Waals surface area contributed by atoms with Gasteiger partial charge in [0, 0.05) is 31.7 Å². The van der Waals surface area contributed by atoms with Crippen molar-refractivity contribution in [3.63, 3.8) is 0 Å². The molecule has 2 heterocycles. The fourth-order valence-corrected chi connectivity index (χ4v) is 7.41. The summed E-state index contributed by atoms with van der Waals surface area (Å²) < 4.78 is 28.8. The van der Waals surface area contributed by atoms with Crippen LogP contribution in [0, 0.1) is 5.92 Å². The summed E-state index contributed by atoms with van der Waals surface area (Å²) in [4.78, 5) is 22.5. The summed E-state index contributed by atoms with van der Waals surface area (Å²) in [6.45, 7) is 10.2. The Bertz CT molecular complexity index is 1310. The van der Waals surface area contributed by atoms with E-state index in [0.717, 1.165) is 30.6 Å². The molecule has 1 amide bonds. The molecule has 1 saturated heterocycles. The Morgan fingerprint density at radius 2 is 1.84 bits per heavy atom. The van der Waals surface area contributed by atoms with E-state index in [1.807, 2.05) is 12.1 Å². The number of rotatable bonds is 9.